The molecule has 1 aromatic carbocycles. The average Bonchev–Trinajstić information content (AvgIpc) is 2.16. The van der Waals surface area contributed by atoms with E-state index in [1.165, 1.54) is 0 Å². The Balaban J connectivity index is 3.07. The number of rotatable bonds is 3. The van der Waals surface area contributed by atoms with Crippen LogP contribution in [-0.4, -0.2) is 13.8 Å². The number of halogens is 2. The molecule has 1 rings (SSSR count). The van der Waals surface area contributed by atoms with E-state index in [9.17, 15) is 4.39 Å². The van der Waals surface area contributed by atoms with Crippen LogP contribution < -0.4 is 4.74 Å². The van der Waals surface area contributed by atoms with Gasteiger partial charge in [0.1, 0.15) is 5.75 Å². The highest BCUT2D eigenvalue weighted by Gasteiger charge is 2.11. The van der Waals surface area contributed by atoms with Crippen LogP contribution in [0.15, 0.2) is 22.7 Å². The van der Waals surface area contributed by atoms with Crippen molar-refractivity contribution < 1.29 is 9.13 Å². The summed E-state index contributed by atoms with van der Waals surface area (Å²) >= 11 is 3.32. The van der Waals surface area contributed by atoms with Gasteiger partial charge in [-0.05, 0) is 25.1 Å². The molecule has 0 heterocycles. The summed E-state index contributed by atoms with van der Waals surface area (Å²) in [5.41, 5.74) is 0.791. The molecule has 0 bridgehead atoms. The molecule has 1 radical (unpaired) electrons. The third kappa shape index (κ3) is 2.44. The predicted octanol–water partition coefficient (Wildman–Crippen LogP) is 3.34. The number of ether oxygens (including phenoxy) is 1. The largest absolute Gasteiger partial charge is 0.496 e. The minimum Gasteiger partial charge on any atom is -0.496 e. The summed E-state index contributed by atoms with van der Waals surface area (Å²) in [6.07, 6.45) is 0. The Labute approximate surface area is 86.0 Å². The van der Waals surface area contributed by atoms with E-state index >= 15 is 0 Å². The van der Waals surface area contributed by atoms with Crippen LogP contribution in [0.4, 0.5) is 4.39 Å². The Hall–Kier alpha value is -0.570. The topological polar surface area (TPSA) is 9.23 Å². The molecule has 0 saturated heterocycles. The van der Waals surface area contributed by atoms with Crippen LogP contribution in [0.3, 0.4) is 0 Å². The van der Waals surface area contributed by atoms with Gasteiger partial charge in [0.05, 0.1) is 13.8 Å². The first-order chi connectivity index (χ1) is 6.19. The van der Waals surface area contributed by atoms with Gasteiger partial charge in [0.15, 0.2) is 0 Å². The first-order valence-corrected chi connectivity index (χ1v) is 4.70. The number of hydrogen-bond donors (Lipinski definition) is 0. The predicted molar refractivity (Wildman–Crippen MR) is 54.8 cm³/mol. The lowest BCUT2D eigenvalue weighted by atomic mass is 10.0. The van der Waals surface area contributed by atoms with Crippen molar-refractivity contribution in [3.8, 4) is 5.75 Å². The van der Waals surface area contributed by atoms with E-state index in [4.69, 9.17) is 4.74 Å². The molecule has 1 aromatic rings. The lowest BCUT2D eigenvalue weighted by molar-refractivity contribution is 0.398. The van der Waals surface area contributed by atoms with Gasteiger partial charge >= 0.3 is 0 Å². The van der Waals surface area contributed by atoms with Gasteiger partial charge in [-0.3, -0.25) is 4.39 Å². The lowest BCUT2D eigenvalue weighted by Gasteiger charge is -2.12. The molecule has 71 valence electrons. The van der Waals surface area contributed by atoms with Crippen LogP contribution in [0, 0.1) is 6.92 Å². The van der Waals surface area contributed by atoms with Crippen LogP contribution in [0.5, 0.6) is 5.75 Å². The second-order valence-electron chi connectivity index (χ2n) is 2.74. The van der Waals surface area contributed by atoms with Gasteiger partial charge in [-0.1, -0.05) is 15.9 Å². The van der Waals surface area contributed by atoms with E-state index in [2.05, 4.69) is 22.9 Å². The van der Waals surface area contributed by atoms with Gasteiger partial charge < -0.3 is 4.74 Å². The molecule has 0 N–H and O–H groups in total. The minimum atomic E-state index is -0.479. The van der Waals surface area contributed by atoms with Gasteiger partial charge in [0, 0.05) is 16.0 Å². The Kier molecular flexibility index (Phi) is 3.72. The second kappa shape index (κ2) is 4.61. The van der Waals surface area contributed by atoms with E-state index in [0.717, 1.165) is 10.0 Å². The maximum atomic E-state index is 12.4. The Morgan fingerprint density at radius 1 is 1.62 bits per heavy atom. The fraction of sp³-hybridized carbons (Fsp3) is 0.300. The zero-order valence-corrected chi connectivity index (χ0v) is 8.97. The fourth-order valence-electron chi connectivity index (χ4n) is 1.11. The van der Waals surface area contributed by atoms with Crippen LogP contribution in [0.25, 0.3) is 0 Å². The average molecular weight is 246 g/mol. The first kappa shape index (κ1) is 10.5. The number of benzene rings is 1. The van der Waals surface area contributed by atoms with Crippen LogP contribution in [-0.2, 0) is 0 Å². The summed E-state index contributed by atoms with van der Waals surface area (Å²) < 4.78 is 18.4. The normalized spacial score (nSPS) is 12.6. The Morgan fingerprint density at radius 3 is 2.85 bits per heavy atom. The Morgan fingerprint density at radius 2 is 2.31 bits per heavy atom. The highest BCUT2D eigenvalue weighted by atomic mass is 79.9. The van der Waals surface area contributed by atoms with Crippen molar-refractivity contribution in [3.05, 3.63) is 35.2 Å². The van der Waals surface area contributed by atoms with Gasteiger partial charge in [-0.2, -0.15) is 0 Å². The molecule has 3 heteroatoms. The molecule has 1 unspecified atom stereocenters. The molecule has 0 fully saturated rings. The number of hydrogen-bond acceptors (Lipinski definition) is 1. The highest BCUT2D eigenvalue weighted by molar-refractivity contribution is 9.10. The van der Waals surface area contributed by atoms with E-state index in [1.54, 1.807) is 13.2 Å². The third-order valence-corrected chi connectivity index (χ3v) is 2.31. The SMILES string of the molecule is [CH2]C(CF)c1cc(Br)ccc1OC. The molecular formula is C10H11BrFO. The Bertz CT molecular complexity index is 288. The maximum Gasteiger partial charge on any atom is 0.122 e. The van der Waals surface area contributed by atoms with Gasteiger partial charge in [0.2, 0.25) is 0 Å². The third-order valence-electron chi connectivity index (χ3n) is 1.82. The van der Waals surface area contributed by atoms with Crippen LogP contribution >= 0.6 is 15.9 Å². The summed E-state index contributed by atoms with van der Waals surface area (Å²) in [5, 5.41) is 0. The smallest absolute Gasteiger partial charge is 0.122 e. The molecule has 13 heavy (non-hydrogen) atoms. The van der Waals surface area contributed by atoms with Crippen molar-refractivity contribution in [3.63, 3.8) is 0 Å². The molecule has 1 nitrogen and oxygen atoms in total. The monoisotopic (exact) mass is 245 g/mol. The van der Waals surface area contributed by atoms with Gasteiger partial charge in [-0.15, -0.1) is 0 Å². The standard InChI is InChI=1S/C10H11BrFO/c1-7(6-12)9-5-8(11)3-4-10(9)13-2/h3-5,7H,1,6H2,2H3. The van der Waals surface area contributed by atoms with Gasteiger partial charge in [-0.25, -0.2) is 0 Å². The molecule has 0 aliphatic carbocycles. The van der Waals surface area contributed by atoms with Crippen molar-refractivity contribution in [1.29, 1.82) is 0 Å². The molecule has 1 atom stereocenters. The molecule has 0 saturated carbocycles. The van der Waals surface area contributed by atoms with Crippen molar-refractivity contribution in [1.82, 2.24) is 0 Å². The van der Waals surface area contributed by atoms with Crippen LogP contribution in [0.2, 0.25) is 0 Å². The summed E-state index contributed by atoms with van der Waals surface area (Å²) in [6.45, 7) is 3.22. The van der Waals surface area contributed by atoms with E-state index in [0.29, 0.717) is 5.75 Å². The zero-order chi connectivity index (χ0) is 9.84. The van der Waals surface area contributed by atoms with Gasteiger partial charge in [0.25, 0.3) is 0 Å². The summed E-state index contributed by atoms with van der Waals surface area (Å²) in [6, 6.07) is 5.48. The fourth-order valence-corrected chi connectivity index (χ4v) is 1.49. The summed E-state index contributed by atoms with van der Waals surface area (Å²) in [5.74, 6) is 0.313. The minimum absolute atomic E-state index is 0.368. The molecule has 0 aromatic heterocycles. The second-order valence-corrected chi connectivity index (χ2v) is 3.65. The maximum absolute atomic E-state index is 12.4. The lowest BCUT2D eigenvalue weighted by Crippen LogP contribution is -1.99. The van der Waals surface area contributed by atoms with Crippen molar-refractivity contribution in [2.45, 2.75) is 5.92 Å². The highest BCUT2D eigenvalue weighted by Crippen LogP contribution is 2.29. The molecule has 0 amide bonds. The molecular weight excluding hydrogens is 235 g/mol. The molecule has 0 spiro atoms. The summed E-state index contributed by atoms with van der Waals surface area (Å²) in [7, 11) is 1.57. The van der Waals surface area contributed by atoms with Crippen molar-refractivity contribution >= 4 is 15.9 Å². The van der Waals surface area contributed by atoms with Crippen LogP contribution in [0.1, 0.15) is 11.5 Å². The number of methoxy groups -OCH3 is 1. The zero-order valence-electron chi connectivity index (χ0n) is 7.39. The van der Waals surface area contributed by atoms with E-state index in [-0.39, 0.29) is 5.92 Å². The quantitative estimate of drug-likeness (QED) is 0.794. The molecule has 0 aliphatic heterocycles. The summed E-state index contributed by atoms with van der Waals surface area (Å²) in [4.78, 5) is 0. The van der Waals surface area contributed by atoms with Crippen molar-refractivity contribution in [2.75, 3.05) is 13.8 Å². The van der Waals surface area contributed by atoms with E-state index in [1.807, 2.05) is 12.1 Å². The first-order valence-electron chi connectivity index (χ1n) is 3.91. The molecule has 0 aliphatic rings. The van der Waals surface area contributed by atoms with E-state index < -0.39 is 6.67 Å². The number of alkyl halides is 1. The van der Waals surface area contributed by atoms with Crippen molar-refractivity contribution in [2.24, 2.45) is 0 Å².